The smallest absolute Gasteiger partial charge is 0.326 e. The normalized spacial score (nSPS) is 15.1. The van der Waals surface area contributed by atoms with Crippen LogP contribution in [-0.4, -0.2) is 42.5 Å². The summed E-state index contributed by atoms with van der Waals surface area (Å²) in [6.07, 6.45) is 2.35. The summed E-state index contributed by atoms with van der Waals surface area (Å²) in [4.78, 5) is 37.3. The van der Waals surface area contributed by atoms with Crippen LogP contribution in [0.15, 0.2) is 18.2 Å². The number of amides is 2. The van der Waals surface area contributed by atoms with Gasteiger partial charge < -0.3 is 20.6 Å². The van der Waals surface area contributed by atoms with E-state index in [0.717, 1.165) is 18.5 Å². The molecule has 0 fully saturated rings. The van der Waals surface area contributed by atoms with Crippen molar-refractivity contribution >= 4 is 29.2 Å². The van der Waals surface area contributed by atoms with Gasteiger partial charge in [-0.1, -0.05) is 19.8 Å². The zero-order valence-corrected chi connectivity index (χ0v) is 14.0. The van der Waals surface area contributed by atoms with Gasteiger partial charge in [-0.2, -0.15) is 0 Å². The number of fused-ring (bicyclic) bond motifs is 1. The summed E-state index contributed by atoms with van der Waals surface area (Å²) in [6.45, 7) is 2.56. The third-order valence-electron chi connectivity index (χ3n) is 4.07. The van der Waals surface area contributed by atoms with Crippen LogP contribution < -0.4 is 15.5 Å². The number of carboxylic acid groups (broad SMARTS) is 1. The fourth-order valence-electron chi connectivity index (χ4n) is 2.62. The summed E-state index contributed by atoms with van der Waals surface area (Å²) in [5, 5.41) is 14.5. The van der Waals surface area contributed by atoms with Gasteiger partial charge in [0.2, 0.25) is 5.91 Å². The highest BCUT2D eigenvalue weighted by Gasteiger charge is 2.22. The molecule has 0 aliphatic carbocycles. The van der Waals surface area contributed by atoms with Crippen LogP contribution in [0.2, 0.25) is 0 Å². The van der Waals surface area contributed by atoms with E-state index in [0.29, 0.717) is 30.6 Å². The van der Waals surface area contributed by atoms with Crippen LogP contribution in [0.4, 0.5) is 11.4 Å². The van der Waals surface area contributed by atoms with Crippen LogP contribution in [0.1, 0.15) is 43.0 Å². The predicted molar refractivity (Wildman–Crippen MR) is 91.4 cm³/mol. The summed E-state index contributed by atoms with van der Waals surface area (Å²) in [6, 6.07) is 4.08. The van der Waals surface area contributed by atoms with Gasteiger partial charge in [0.25, 0.3) is 5.91 Å². The Morgan fingerprint density at radius 1 is 1.42 bits per heavy atom. The molecule has 1 aliphatic heterocycles. The molecule has 3 N–H and O–H groups in total. The lowest BCUT2D eigenvalue weighted by molar-refractivity contribution is -0.139. The van der Waals surface area contributed by atoms with E-state index in [9.17, 15) is 19.5 Å². The number of hydrogen-bond donors (Lipinski definition) is 3. The van der Waals surface area contributed by atoms with E-state index in [1.54, 1.807) is 18.2 Å². The van der Waals surface area contributed by atoms with Crippen LogP contribution in [0.25, 0.3) is 0 Å². The molecule has 1 aromatic carbocycles. The summed E-state index contributed by atoms with van der Waals surface area (Å²) < 4.78 is 0. The second-order valence-corrected chi connectivity index (χ2v) is 5.96. The van der Waals surface area contributed by atoms with Gasteiger partial charge in [-0.3, -0.25) is 9.59 Å². The number of benzene rings is 1. The molecule has 24 heavy (non-hydrogen) atoms. The van der Waals surface area contributed by atoms with Crippen molar-refractivity contribution in [2.24, 2.45) is 0 Å². The molecule has 7 heteroatoms. The quantitative estimate of drug-likeness (QED) is 0.738. The van der Waals surface area contributed by atoms with Crippen LogP contribution in [-0.2, 0) is 9.59 Å². The number of anilines is 2. The predicted octanol–water partition coefficient (Wildman–Crippen LogP) is 1.84. The van der Waals surface area contributed by atoms with E-state index < -0.39 is 17.9 Å². The Hall–Kier alpha value is -2.57. The second kappa shape index (κ2) is 7.81. The Labute approximate surface area is 141 Å². The zero-order valence-electron chi connectivity index (χ0n) is 14.0. The van der Waals surface area contributed by atoms with Gasteiger partial charge in [-0.25, -0.2) is 4.79 Å². The minimum atomic E-state index is -1.04. The SMILES string of the molecule is CCCC[C@H](NC(=O)c1ccc2c(c1)NC(=O)CCN2C)C(=O)O. The van der Waals surface area contributed by atoms with Gasteiger partial charge in [-0.15, -0.1) is 0 Å². The van der Waals surface area contributed by atoms with E-state index in [-0.39, 0.29) is 5.91 Å². The molecule has 0 bridgehead atoms. The van der Waals surface area contributed by atoms with Crippen molar-refractivity contribution in [3.05, 3.63) is 23.8 Å². The largest absolute Gasteiger partial charge is 0.480 e. The molecule has 1 aliphatic rings. The molecule has 0 aromatic heterocycles. The molecule has 0 saturated carbocycles. The first kappa shape index (κ1) is 17.8. The average molecular weight is 333 g/mol. The number of carbonyl (C=O) groups is 3. The number of hydrogen-bond acceptors (Lipinski definition) is 4. The van der Waals surface area contributed by atoms with Gasteiger partial charge in [0.15, 0.2) is 0 Å². The molecule has 1 heterocycles. The topological polar surface area (TPSA) is 98.7 Å². The third-order valence-corrected chi connectivity index (χ3v) is 4.07. The Morgan fingerprint density at radius 2 is 2.17 bits per heavy atom. The van der Waals surface area contributed by atoms with E-state index in [2.05, 4.69) is 10.6 Å². The first-order chi connectivity index (χ1) is 11.4. The van der Waals surface area contributed by atoms with E-state index >= 15 is 0 Å². The Balaban J connectivity index is 2.18. The maximum atomic E-state index is 12.4. The minimum absolute atomic E-state index is 0.107. The lowest BCUT2D eigenvalue weighted by atomic mass is 10.1. The minimum Gasteiger partial charge on any atom is -0.480 e. The van der Waals surface area contributed by atoms with Gasteiger partial charge in [0.05, 0.1) is 11.4 Å². The molecule has 2 rings (SSSR count). The molecule has 1 atom stereocenters. The molecule has 0 saturated heterocycles. The molecular weight excluding hydrogens is 310 g/mol. The van der Waals surface area contributed by atoms with Crippen molar-refractivity contribution in [3.63, 3.8) is 0 Å². The van der Waals surface area contributed by atoms with E-state index in [1.807, 2.05) is 18.9 Å². The van der Waals surface area contributed by atoms with Crippen molar-refractivity contribution in [2.45, 2.75) is 38.6 Å². The number of nitrogens with one attached hydrogen (secondary N) is 2. The molecular formula is C17H23N3O4. The zero-order chi connectivity index (χ0) is 17.7. The Kier molecular flexibility index (Phi) is 5.78. The Bertz CT molecular complexity index is 645. The van der Waals surface area contributed by atoms with Crippen LogP contribution in [0.3, 0.4) is 0 Å². The number of nitrogens with zero attached hydrogens (tertiary/aromatic N) is 1. The standard InChI is InChI=1S/C17H23N3O4/c1-3-4-5-12(17(23)24)19-16(22)11-6-7-14-13(10-11)18-15(21)8-9-20(14)2/h6-7,10,12H,3-5,8-9H2,1-2H3,(H,18,21)(H,19,22)(H,23,24)/t12-/m0/s1. The molecule has 1 aromatic rings. The summed E-state index contributed by atoms with van der Waals surface area (Å²) in [7, 11) is 1.88. The van der Waals surface area contributed by atoms with Gasteiger partial charge in [0, 0.05) is 25.6 Å². The lowest BCUT2D eigenvalue weighted by Gasteiger charge is -2.19. The fraction of sp³-hybridized carbons (Fsp3) is 0.471. The van der Waals surface area contributed by atoms with Gasteiger partial charge in [-0.05, 0) is 24.6 Å². The van der Waals surface area contributed by atoms with Crippen LogP contribution in [0, 0.1) is 0 Å². The van der Waals surface area contributed by atoms with Crippen LogP contribution in [0.5, 0.6) is 0 Å². The molecule has 7 nitrogen and oxygen atoms in total. The Morgan fingerprint density at radius 3 is 2.83 bits per heavy atom. The summed E-state index contributed by atoms with van der Waals surface area (Å²) in [5.74, 6) is -1.61. The van der Waals surface area contributed by atoms with Crippen molar-refractivity contribution < 1.29 is 19.5 Å². The monoisotopic (exact) mass is 333 g/mol. The number of unbranched alkanes of at least 4 members (excludes halogenated alkanes) is 1. The van der Waals surface area contributed by atoms with E-state index in [1.165, 1.54) is 0 Å². The molecule has 2 amide bonds. The van der Waals surface area contributed by atoms with Crippen molar-refractivity contribution in [3.8, 4) is 0 Å². The van der Waals surface area contributed by atoms with Gasteiger partial charge in [0.1, 0.15) is 6.04 Å². The number of carbonyl (C=O) groups excluding carboxylic acids is 2. The van der Waals surface area contributed by atoms with Crippen molar-refractivity contribution in [1.82, 2.24) is 5.32 Å². The maximum Gasteiger partial charge on any atom is 0.326 e. The highest BCUT2D eigenvalue weighted by molar-refractivity contribution is 6.01. The highest BCUT2D eigenvalue weighted by Crippen LogP contribution is 2.28. The number of aliphatic carboxylic acids is 1. The van der Waals surface area contributed by atoms with Gasteiger partial charge >= 0.3 is 5.97 Å². The van der Waals surface area contributed by atoms with Crippen LogP contribution >= 0.6 is 0 Å². The average Bonchev–Trinajstić information content (AvgIpc) is 2.69. The first-order valence-electron chi connectivity index (χ1n) is 8.11. The molecule has 0 radical (unpaired) electrons. The van der Waals surface area contributed by atoms with Crippen molar-refractivity contribution in [1.29, 1.82) is 0 Å². The van der Waals surface area contributed by atoms with E-state index in [4.69, 9.17) is 0 Å². The maximum absolute atomic E-state index is 12.4. The van der Waals surface area contributed by atoms with Crippen molar-refractivity contribution in [2.75, 3.05) is 23.8 Å². The summed E-state index contributed by atoms with van der Waals surface area (Å²) >= 11 is 0. The lowest BCUT2D eigenvalue weighted by Crippen LogP contribution is -2.40. The molecule has 0 spiro atoms. The molecule has 0 unspecified atom stereocenters. The third kappa shape index (κ3) is 4.24. The summed E-state index contributed by atoms with van der Waals surface area (Å²) in [5.41, 5.74) is 1.72. The molecule has 130 valence electrons. The first-order valence-corrected chi connectivity index (χ1v) is 8.11. The highest BCUT2D eigenvalue weighted by atomic mass is 16.4. The number of rotatable bonds is 6. The fourth-order valence-corrected chi connectivity index (χ4v) is 2.62. The second-order valence-electron chi connectivity index (χ2n) is 5.96. The number of carboxylic acids is 1.